The predicted molar refractivity (Wildman–Crippen MR) is 83.9 cm³/mol. The first kappa shape index (κ1) is 19.4. The monoisotopic (exact) mass is 286 g/mol. The molecule has 0 fully saturated rings. The molecule has 0 N–H and O–H groups in total. The van der Waals surface area contributed by atoms with Gasteiger partial charge in [-0.05, 0) is 25.7 Å². The Balaban J connectivity index is 3.13. The van der Waals surface area contributed by atoms with Crippen molar-refractivity contribution in [2.45, 2.75) is 84.0 Å². The molecule has 20 heavy (non-hydrogen) atoms. The van der Waals surface area contributed by atoms with Crippen molar-refractivity contribution in [1.82, 2.24) is 0 Å². The predicted octanol–water partition coefficient (Wildman–Crippen LogP) is 4.88. The minimum atomic E-state index is -0.0181. The van der Waals surface area contributed by atoms with Gasteiger partial charge in [0.2, 0.25) is 0 Å². The highest BCUT2D eigenvalue weighted by atomic mass is 16.5. The average Bonchev–Trinajstić information content (AvgIpc) is 2.45. The van der Waals surface area contributed by atoms with Crippen LogP contribution in [-0.2, 0) is 14.3 Å². The SMILES string of the molecule is CCCCCCCCCC(=O)OCCCCCCOC. The van der Waals surface area contributed by atoms with Crippen LogP contribution in [0.4, 0.5) is 0 Å². The van der Waals surface area contributed by atoms with Gasteiger partial charge in [0.15, 0.2) is 0 Å². The minimum Gasteiger partial charge on any atom is -0.466 e. The molecule has 0 saturated carbocycles. The lowest BCUT2D eigenvalue weighted by atomic mass is 10.1. The maximum Gasteiger partial charge on any atom is 0.305 e. The molecule has 0 rings (SSSR count). The standard InChI is InChI=1S/C17H34O3/c1-3-4-5-6-7-8-11-14-17(18)20-16-13-10-9-12-15-19-2/h3-16H2,1-2H3. The summed E-state index contributed by atoms with van der Waals surface area (Å²) in [5.74, 6) is -0.0181. The molecule has 0 aliphatic carbocycles. The van der Waals surface area contributed by atoms with E-state index in [1.54, 1.807) is 7.11 Å². The summed E-state index contributed by atoms with van der Waals surface area (Å²) in [7, 11) is 1.73. The molecule has 0 aliphatic heterocycles. The Morgan fingerprint density at radius 3 is 1.95 bits per heavy atom. The van der Waals surface area contributed by atoms with E-state index < -0.39 is 0 Å². The fraction of sp³-hybridized carbons (Fsp3) is 0.941. The van der Waals surface area contributed by atoms with Crippen LogP contribution in [-0.4, -0.2) is 26.3 Å². The van der Waals surface area contributed by atoms with E-state index in [4.69, 9.17) is 9.47 Å². The van der Waals surface area contributed by atoms with Crippen LogP contribution in [0.15, 0.2) is 0 Å². The molecule has 3 nitrogen and oxygen atoms in total. The van der Waals surface area contributed by atoms with Crippen LogP contribution in [0.5, 0.6) is 0 Å². The van der Waals surface area contributed by atoms with Crippen molar-refractivity contribution in [3.05, 3.63) is 0 Å². The fourth-order valence-corrected chi connectivity index (χ4v) is 2.19. The zero-order chi connectivity index (χ0) is 14.9. The molecule has 0 saturated heterocycles. The summed E-state index contributed by atoms with van der Waals surface area (Å²) in [5, 5.41) is 0. The van der Waals surface area contributed by atoms with Crippen molar-refractivity contribution in [2.24, 2.45) is 0 Å². The van der Waals surface area contributed by atoms with Crippen molar-refractivity contribution in [2.75, 3.05) is 20.3 Å². The molecule has 0 aromatic rings. The normalized spacial score (nSPS) is 10.7. The third-order valence-corrected chi connectivity index (χ3v) is 3.49. The van der Waals surface area contributed by atoms with Crippen molar-refractivity contribution in [1.29, 1.82) is 0 Å². The number of ether oxygens (including phenoxy) is 2. The van der Waals surface area contributed by atoms with E-state index in [0.29, 0.717) is 13.0 Å². The zero-order valence-corrected chi connectivity index (χ0v) is 13.6. The van der Waals surface area contributed by atoms with Crippen LogP contribution in [0, 0.1) is 0 Å². The van der Waals surface area contributed by atoms with Crippen molar-refractivity contribution in [3.63, 3.8) is 0 Å². The second-order valence-corrected chi connectivity index (χ2v) is 5.50. The van der Waals surface area contributed by atoms with E-state index in [2.05, 4.69) is 6.92 Å². The van der Waals surface area contributed by atoms with Gasteiger partial charge in [-0.1, -0.05) is 51.9 Å². The van der Waals surface area contributed by atoms with Gasteiger partial charge in [-0.15, -0.1) is 0 Å². The number of methoxy groups -OCH3 is 1. The second kappa shape index (κ2) is 16.5. The van der Waals surface area contributed by atoms with Gasteiger partial charge in [0.25, 0.3) is 0 Å². The van der Waals surface area contributed by atoms with Gasteiger partial charge >= 0.3 is 5.97 Å². The Morgan fingerprint density at radius 1 is 0.750 bits per heavy atom. The lowest BCUT2D eigenvalue weighted by molar-refractivity contribution is -0.143. The van der Waals surface area contributed by atoms with Crippen LogP contribution < -0.4 is 0 Å². The van der Waals surface area contributed by atoms with Crippen LogP contribution in [0.3, 0.4) is 0 Å². The summed E-state index contributed by atoms with van der Waals surface area (Å²) in [6.45, 7) is 3.65. The van der Waals surface area contributed by atoms with Crippen LogP contribution in [0.2, 0.25) is 0 Å². The van der Waals surface area contributed by atoms with Gasteiger partial charge in [0, 0.05) is 20.1 Å². The lowest BCUT2D eigenvalue weighted by Crippen LogP contribution is -2.05. The summed E-state index contributed by atoms with van der Waals surface area (Å²) >= 11 is 0. The Kier molecular flexibility index (Phi) is 16.0. The van der Waals surface area contributed by atoms with E-state index in [1.165, 1.54) is 32.1 Å². The van der Waals surface area contributed by atoms with E-state index in [9.17, 15) is 4.79 Å². The minimum absolute atomic E-state index is 0.0181. The molecule has 0 radical (unpaired) electrons. The number of hydrogen-bond donors (Lipinski definition) is 0. The first-order chi connectivity index (χ1) is 9.81. The van der Waals surface area contributed by atoms with Gasteiger partial charge in [-0.25, -0.2) is 0 Å². The van der Waals surface area contributed by atoms with Crippen molar-refractivity contribution < 1.29 is 14.3 Å². The Hall–Kier alpha value is -0.570. The smallest absolute Gasteiger partial charge is 0.305 e. The number of hydrogen-bond acceptors (Lipinski definition) is 3. The molecule has 0 atom stereocenters. The Morgan fingerprint density at radius 2 is 1.30 bits per heavy atom. The van der Waals surface area contributed by atoms with Gasteiger partial charge in [-0.2, -0.15) is 0 Å². The van der Waals surface area contributed by atoms with E-state index in [1.807, 2.05) is 0 Å². The van der Waals surface area contributed by atoms with Gasteiger partial charge in [0.1, 0.15) is 0 Å². The van der Waals surface area contributed by atoms with E-state index >= 15 is 0 Å². The molecular formula is C17H34O3. The summed E-state index contributed by atoms with van der Waals surface area (Å²) in [6.07, 6.45) is 13.6. The summed E-state index contributed by atoms with van der Waals surface area (Å²) in [4.78, 5) is 11.5. The summed E-state index contributed by atoms with van der Waals surface area (Å²) in [6, 6.07) is 0. The van der Waals surface area contributed by atoms with Crippen LogP contribution in [0.25, 0.3) is 0 Å². The highest BCUT2D eigenvalue weighted by molar-refractivity contribution is 5.69. The molecule has 0 unspecified atom stereocenters. The number of carbonyl (C=O) groups is 1. The maximum absolute atomic E-state index is 11.5. The average molecular weight is 286 g/mol. The molecule has 0 aromatic heterocycles. The molecule has 3 heteroatoms. The van der Waals surface area contributed by atoms with Crippen molar-refractivity contribution >= 4 is 5.97 Å². The molecule has 0 spiro atoms. The molecule has 0 aromatic carbocycles. The summed E-state index contributed by atoms with van der Waals surface area (Å²) in [5.41, 5.74) is 0. The number of rotatable bonds is 15. The maximum atomic E-state index is 11.5. The highest BCUT2D eigenvalue weighted by Gasteiger charge is 2.02. The molecule has 120 valence electrons. The molecule has 0 amide bonds. The number of carbonyl (C=O) groups excluding carboxylic acids is 1. The zero-order valence-electron chi connectivity index (χ0n) is 13.6. The second-order valence-electron chi connectivity index (χ2n) is 5.50. The highest BCUT2D eigenvalue weighted by Crippen LogP contribution is 2.09. The van der Waals surface area contributed by atoms with Crippen molar-refractivity contribution in [3.8, 4) is 0 Å². The lowest BCUT2D eigenvalue weighted by Gasteiger charge is -2.05. The third kappa shape index (κ3) is 15.5. The van der Waals surface area contributed by atoms with Crippen LogP contribution in [0.1, 0.15) is 84.0 Å². The van der Waals surface area contributed by atoms with Gasteiger partial charge in [-0.3, -0.25) is 4.79 Å². The Bertz CT molecular complexity index is 184. The van der Waals surface area contributed by atoms with E-state index in [0.717, 1.165) is 45.1 Å². The fourth-order valence-electron chi connectivity index (χ4n) is 2.19. The molecule has 0 heterocycles. The van der Waals surface area contributed by atoms with E-state index in [-0.39, 0.29) is 5.97 Å². The van der Waals surface area contributed by atoms with Gasteiger partial charge in [0.05, 0.1) is 6.61 Å². The largest absolute Gasteiger partial charge is 0.466 e. The quantitative estimate of drug-likeness (QED) is 0.318. The number of esters is 1. The number of unbranched alkanes of at least 4 members (excludes halogenated alkanes) is 9. The molecule has 0 bridgehead atoms. The molecule has 0 aliphatic rings. The topological polar surface area (TPSA) is 35.5 Å². The Labute approximate surface area is 125 Å². The molecular weight excluding hydrogens is 252 g/mol. The van der Waals surface area contributed by atoms with Gasteiger partial charge < -0.3 is 9.47 Å². The summed E-state index contributed by atoms with van der Waals surface area (Å²) < 4.78 is 10.2. The third-order valence-electron chi connectivity index (χ3n) is 3.49. The first-order valence-corrected chi connectivity index (χ1v) is 8.45. The van der Waals surface area contributed by atoms with Crippen LogP contribution >= 0.6 is 0 Å². The first-order valence-electron chi connectivity index (χ1n) is 8.45.